The summed E-state index contributed by atoms with van der Waals surface area (Å²) in [7, 11) is 1.60. The number of aliphatic hydroxyl groups excluding tert-OH is 1. The average Bonchev–Trinajstić information content (AvgIpc) is 2.78. The van der Waals surface area contributed by atoms with Crippen LogP contribution in [0.25, 0.3) is 0 Å². The smallest absolute Gasteiger partial charge is 0.243 e. The van der Waals surface area contributed by atoms with E-state index < -0.39 is 11.6 Å². The summed E-state index contributed by atoms with van der Waals surface area (Å²) in [6.07, 6.45) is 1.13. The van der Waals surface area contributed by atoms with Crippen molar-refractivity contribution in [1.29, 1.82) is 0 Å². The van der Waals surface area contributed by atoms with Crippen LogP contribution >= 0.6 is 0 Å². The molecule has 0 spiro atoms. The summed E-state index contributed by atoms with van der Waals surface area (Å²) in [4.78, 5) is 4.20. The van der Waals surface area contributed by atoms with Crippen LogP contribution in [0.15, 0.2) is 4.52 Å². The van der Waals surface area contributed by atoms with Gasteiger partial charge in [0.2, 0.25) is 11.7 Å². The van der Waals surface area contributed by atoms with Crippen LogP contribution in [0.1, 0.15) is 44.4 Å². The van der Waals surface area contributed by atoms with Crippen LogP contribution in [0.3, 0.4) is 0 Å². The second-order valence-electron chi connectivity index (χ2n) is 3.86. The molecule has 0 aliphatic carbocycles. The molecule has 0 fully saturated rings. The molecule has 92 valence electrons. The van der Waals surface area contributed by atoms with Crippen LogP contribution < -0.4 is 5.73 Å². The first-order valence-corrected chi connectivity index (χ1v) is 5.33. The Labute approximate surface area is 94.8 Å². The van der Waals surface area contributed by atoms with Gasteiger partial charge < -0.3 is 20.1 Å². The van der Waals surface area contributed by atoms with Crippen molar-refractivity contribution in [2.75, 3.05) is 13.7 Å². The maximum absolute atomic E-state index is 8.76. The Kier molecular flexibility index (Phi) is 4.40. The summed E-state index contributed by atoms with van der Waals surface area (Å²) in [5, 5.41) is 12.6. The number of ether oxygens (including phenoxy) is 1. The minimum atomic E-state index is -0.555. The molecule has 0 radical (unpaired) electrons. The fourth-order valence-corrected chi connectivity index (χ4v) is 1.26. The SMILES string of the molecule is CCC(C)(OC)c1noc(C(N)CCO)n1. The van der Waals surface area contributed by atoms with Gasteiger partial charge in [0.1, 0.15) is 5.60 Å². The van der Waals surface area contributed by atoms with Gasteiger partial charge >= 0.3 is 0 Å². The van der Waals surface area contributed by atoms with Crippen molar-refractivity contribution in [2.45, 2.75) is 38.3 Å². The van der Waals surface area contributed by atoms with Crippen molar-refractivity contribution >= 4 is 0 Å². The van der Waals surface area contributed by atoms with Crippen molar-refractivity contribution in [3.05, 3.63) is 11.7 Å². The van der Waals surface area contributed by atoms with E-state index in [1.54, 1.807) is 7.11 Å². The van der Waals surface area contributed by atoms with E-state index in [1.807, 2.05) is 13.8 Å². The Balaban J connectivity index is 2.85. The third-order valence-electron chi connectivity index (χ3n) is 2.80. The molecule has 0 amide bonds. The molecule has 1 rings (SSSR count). The molecule has 0 aliphatic rings. The Morgan fingerprint density at radius 1 is 1.62 bits per heavy atom. The van der Waals surface area contributed by atoms with Crippen LogP contribution in [0.2, 0.25) is 0 Å². The molecule has 0 bridgehead atoms. The van der Waals surface area contributed by atoms with Crippen molar-refractivity contribution in [3.8, 4) is 0 Å². The lowest BCUT2D eigenvalue weighted by molar-refractivity contribution is -0.0106. The zero-order valence-electron chi connectivity index (χ0n) is 9.93. The minimum absolute atomic E-state index is 0.00575. The van der Waals surface area contributed by atoms with E-state index in [-0.39, 0.29) is 6.61 Å². The predicted molar refractivity (Wildman–Crippen MR) is 57.6 cm³/mol. The number of aromatic nitrogens is 2. The zero-order valence-corrected chi connectivity index (χ0v) is 9.93. The summed E-state index contributed by atoms with van der Waals surface area (Å²) < 4.78 is 10.4. The Hall–Kier alpha value is -0.980. The molecular formula is C10H19N3O3. The van der Waals surface area contributed by atoms with E-state index in [4.69, 9.17) is 20.1 Å². The highest BCUT2D eigenvalue weighted by Crippen LogP contribution is 2.26. The summed E-state index contributed by atoms with van der Waals surface area (Å²) >= 11 is 0. The van der Waals surface area contributed by atoms with E-state index in [0.29, 0.717) is 18.1 Å². The van der Waals surface area contributed by atoms with Crippen LogP contribution in [-0.2, 0) is 10.3 Å². The first kappa shape index (κ1) is 13.1. The quantitative estimate of drug-likeness (QED) is 0.746. The van der Waals surface area contributed by atoms with Crippen molar-refractivity contribution in [3.63, 3.8) is 0 Å². The molecule has 0 aromatic carbocycles. The number of aliphatic hydroxyl groups is 1. The van der Waals surface area contributed by atoms with Crippen LogP contribution in [0, 0.1) is 0 Å². The summed E-state index contributed by atoms with van der Waals surface area (Å²) in [6.45, 7) is 3.86. The molecule has 2 atom stereocenters. The van der Waals surface area contributed by atoms with Gasteiger partial charge in [0.05, 0.1) is 6.04 Å². The maximum Gasteiger partial charge on any atom is 0.243 e. The van der Waals surface area contributed by atoms with E-state index in [9.17, 15) is 0 Å². The van der Waals surface area contributed by atoms with Gasteiger partial charge in [0.15, 0.2) is 0 Å². The van der Waals surface area contributed by atoms with Crippen LogP contribution in [0.4, 0.5) is 0 Å². The van der Waals surface area contributed by atoms with Gasteiger partial charge in [0, 0.05) is 13.7 Å². The molecule has 6 nitrogen and oxygen atoms in total. The van der Waals surface area contributed by atoms with Gasteiger partial charge in [-0.05, 0) is 19.8 Å². The first-order valence-electron chi connectivity index (χ1n) is 5.33. The molecule has 0 saturated carbocycles. The van der Waals surface area contributed by atoms with Gasteiger partial charge in [-0.3, -0.25) is 0 Å². The second-order valence-corrected chi connectivity index (χ2v) is 3.86. The van der Waals surface area contributed by atoms with Gasteiger partial charge in [-0.25, -0.2) is 0 Å². The highest BCUT2D eigenvalue weighted by molar-refractivity contribution is 5.01. The normalized spacial score (nSPS) is 17.1. The Morgan fingerprint density at radius 2 is 2.31 bits per heavy atom. The largest absolute Gasteiger partial charge is 0.396 e. The van der Waals surface area contributed by atoms with E-state index in [1.165, 1.54) is 0 Å². The third-order valence-corrected chi connectivity index (χ3v) is 2.80. The number of hydrogen-bond donors (Lipinski definition) is 2. The predicted octanol–water partition coefficient (Wildman–Crippen LogP) is 0.723. The zero-order chi connectivity index (χ0) is 12.2. The topological polar surface area (TPSA) is 94.4 Å². The molecule has 16 heavy (non-hydrogen) atoms. The van der Waals surface area contributed by atoms with E-state index in [2.05, 4.69) is 10.1 Å². The summed E-state index contributed by atoms with van der Waals surface area (Å²) in [6, 6.07) is -0.427. The Bertz CT molecular complexity index is 323. The monoisotopic (exact) mass is 229 g/mol. The van der Waals surface area contributed by atoms with E-state index in [0.717, 1.165) is 6.42 Å². The van der Waals surface area contributed by atoms with Crippen LogP contribution in [-0.4, -0.2) is 29.0 Å². The molecular weight excluding hydrogens is 210 g/mol. The molecule has 3 N–H and O–H groups in total. The van der Waals surface area contributed by atoms with Gasteiger partial charge in [-0.1, -0.05) is 12.1 Å². The lowest BCUT2D eigenvalue weighted by atomic mass is 10.0. The average molecular weight is 229 g/mol. The second kappa shape index (κ2) is 5.38. The molecule has 0 saturated heterocycles. The van der Waals surface area contributed by atoms with Crippen molar-refractivity contribution in [2.24, 2.45) is 5.73 Å². The Morgan fingerprint density at radius 3 is 2.81 bits per heavy atom. The molecule has 6 heteroatoms. The minimum Gasteiger partial charge on any atom is -0.396 e. The standard InChI is InChI=1S/C10H19N3O3/c1-4-10(2,15-3)9-12-8(16-13-9)7(11)5-6-14/h7,14H,4-6,11H2,1-3H3. The number of hydrogen-bond acceptors (Lipinski definition) is 6. The lowest BCUT2D eigenvalue weighted by Gasteiger charge is -2.21. The summed E-state index contributed by atoms with van der Waals surface area (Å²) in [5.74, 6) is 0.821. The fourth-order valence-electron chi connectivity index (χ4n) is 1.26. The highest BCUT2D eigenvalue weighted by atomic mass is 16.5. The van der Waals surface area contributed by atoms with Gasteiger partial charge in [-0.15, -0.1) is 0 Å². The number of nitrogens with two attached hydrogens (primary N) is 1. The van der Waals surface area contributed by atoms with E-state index >= 15 is 0 Å². The van der Waals surface area contributed by atoms with Gasteiger partial charge in [-0.2, -0.15) is 4.98 Å². The fraction of sp³-hybridized carbons (Fsp3) is 0.800. The molecule has 2 unspecified atom stereocenters. The van der Waals surface area contributed by atoms with Crippen molar-refractivity contribution < 1.29 is 14.4 Å². The number of nitrogens with zero attached hydrogens (tertiary/aromatic N) is 2. The summed E-state index contributed by atoms with van der Waals surface area (Å²) in [5.41, 5.74) is 5.19. The first-order chi connectivity index (χ1) is 7.57. The lowest BCUT2D eigenvalue weighted by Crippen LogP contribution is -2.25. The molecule has 0 aliphatic heterocycles. The molecule has 1 heterocycles. The third kappa shape index (κ3) is 2.58. The molecule has 1 aromatic rings. The highest BCUT2D eigenvalue weighted by Gasteiger charge is 2.30. The molecule has 1 aromatic heterocycles. The number of rotatable bonds is 6. The van der Waals surface area contributed by atoms with Gasteiger partial charge in [0.25, 0.3) is 0 Å². The maximum atomic E-state index is 8.76. The van der Waals surface area contributed by atoms with Crippen LogP contribution in [0.5, 0.6) is 0 Å². The number of methoxy groups -OCH3 is 1. The van der Waals surface area contributed by atoms with Crippen molar-refractivity contribution in [1.82, 2.24) is 10.1 Å².